The van der Waals surface area contributed by atoms with Gasteiger partial charge in [-0.05, 0) is 27.2 Å². The Morgan fingerprint density at radius 1 is 1.30 bits per heavy atom. The third kappa shape index (κ3) is 4.24. The number of aryl methyl sites for hydroxylation is 1. The topological polar surface area (TPSA) is 140 Å². The number of methoxy groups -OCH3 is 1. The molecule has 0 bridgehead atoms. The molecule has 9 nitrogen and oxygen atoms in total. The summed E-state index contributed by atoms with van der Waals surface area (Å²) in [5.74, 6) is 1.34. The lowest BCUT2D eigenvalue weighted by atomic mass is 10.0. The Bertz CT molecular complexity index is 1290. The van der Waals surface area contributed by atoms with Gasteiger partial charge in [-0.25, -0.2) is 15.0 Å². The number of nitrogens with two attached hydrogens (primary N) is 1. The van der Waals surface area contributed by atoms with E-state index in [2.05, 4.69) is 19.9 Å². The second kappa shape index (κ2) is 8.64. The minimum atomic E-state index is -0.248. The number of rotatable bonds is 3. The van der Waals surface area contributed by atoms with Crippen molar-refractivity contribution in [2.75, 3.05) is 12.8 Å². The first kappa shape index (κ1) is 20.8. The molecule has 1 aromatic carbocycles. The number of hydrogen-bond donors (Lipinski definition) is 3. The fourth-order valence-electron chi connectivity index (χ4n) is 2.93. The number of nitrogens with one attached hydrogen (secondary N) is 1. The van der Waals surface area contributed by atoms with Crippen molar-refractivity contribution in [1.29, 1.82) is 0 Å². The van der Waals surface area contributed by atoms with Crippen LogP contribution in [0.25, 0.3) is 22.1 Å². The number of aromatic hydroxyl groups is 1. The quantitative estimate of drug-likeness (QED) is 0.438. The van der Waals surface area contributed by atoms with E-state index in [0.717, 1.165) is 11.1 Å². The number of anilines is 1. The molecule has 0 unspecified atom stereocenters. The van der Waals surface area contributed by atoms with Crippen LogP contribution in [-0.4, -0.2) is 32.2 Å². The molecule has 3 heterocycles. The maximum absolute atomic E-state index is 12.0. The summed E-state index contributed by atoms with van der Waals surface area (Å²) in [5.41, 5.74) is 8.85. The van der Waals surface area contributed by atoms with E-state index in [0.29, 0.717) is 40.5 Å². The summed E-state index contributed by atoms with van der Waals surface area (Å²) >= 11 is 0. The van der Waals surface area contributed by atoms with Crippen molar-refractivity contribution in [3.8, 4) is 11.5 Å². The third-order valence-corrected chi connectivity index (χ3v) is 4.35. The maximum Gasteiger partial charge on any atom is 0.196 e. The Labute approximate surface area is 172 Å². The van der Waals surface area contributed by atoms with E-state index in [1.165, 1.54) is 31.9 Å². The highest BCUT2D eigenvalue weighted by Crippen LogP contribution is 2.34. The number of phenolic OH excluding ortho intramolecular Hbond substituents is 1. The lowest BCUT2D eigenvalue weighted by Gasteiger charge is -2.11. The standard InChI is InChI=1S/C16H18O4.C5H5N5/c1-9(2)5-6-11-14(19-4)8-13(18)15-12(17)7-10(3)20-16(11)15;6-4-3-5(9-1-7-3)10-2-8-4/h5,7-8,18H,6H2,1-4H3;1-2H,(H3,6,7,8,9,10). The van der Waals surface area contributed by atoms with Gasteiger partial charge in [0.05, 0.1) is 13.4 Å². The maximum atomic E-state index is 12.0. The number of imidazole rings is 1. The van der Waals surface area contributed by atoms with Crippen LogP contribution in [0.2, 0.25) is 0 Å². The highest BCUT2D eigenvalue weighted by Gasteiger charge is 2.17. The summed E-state index contributed by atoms with van der Waals surface area (Å²) in [6.07, 6.45) is 5.53. The molecule has 30 heavy (non-hydrogen) atoms. The number of hydrogen-bond acceptors (Lipinski definition) is 8. The number of aromatic amines is 1. The van der Waals surface area contributed by atoms with Crippen molar-refractivity contribution in [3.05, 3.63) is 58.0 Å². The van der Waals surface area contributed by atoms with Gasteiger partial charge in [0, 0.05) is 17.7 Å². The number of ether oxygens (including phenoxy) is 1. The fourth-order valence-corrected chi connectivity index (χ4v) is 2.93. The van der Waals surface area contributed by atoms with Gasteiger partial charge in [0.25, 0.3) is 0 Å². The molecule has 0 saturated carbocycles. The molecule has 9 heteroatoms. The summed E-state index contributed by atoms with van der Waals surface area (Å²) in [6.45, 7) is 5.70. The van der Waals surface area contributed by atoms with E-state index in [9.17, 15) is 9.90 Å². The van der Waals surface area contributed by atoms with Crippen LogP contribution in [-0.2, 0) is 6.42 Å². The van der Waals surface area contributed by atoms with Gasteiger partial charge in [-0.3, -0.25) is 4.79 Å². The summed E-state index contributed by atoms with van der Waals surface area (Å²) < 4.78 is 11.0. The van der Waals surface area contributed by atoms with Gasteiger partial charge in [-0.1, -0.05) is 11.6 Å². The van der Waals surface area contributed by atoms with Crippen LogP contribution in [0.1, 0.15) is 25.2 Å². The van der Waals surface area contributed by atoms with Gasteiger partial charge in [-0.15, -0.1) is 0 Å². The molecule has 156 valence electrons. The summed E-state index contributed by atoms with van der Waals surface area (Å²) in [5, 5.41) is 10.2. The minimum absolute atomic E-state index is 0.119. The number of nitrogens with zero attached hydrogens (tertiary/aromatic N) is 3. The molecule has 4 N–H and O–H groups in total. The van der Waals surface area contributed by atoms with Crippen LogP contribution < -0.4 is 15.9 Å². The highest BCUT2D eigenvalue weighted by atomic mass is 16.5. The van der Waals surface area contributed by atoms with Crippen molar-refractivity contribution >= 4 is 28.0 Å². The largest absolute Gasteiger partial charge is 0.507 e. The average molecular weight is 409 g/mol. The van der Waals surface area contributed by atoms with E-state index >= 15 is 0 Å². The smallest absolute Gasteiger partial charge is 0.196 e. The first-order valence-electron chi connectivity index (χ1n) is 9.18. The van der Waals surface area contributed by atoms with Crippen molar-refractivity contribution in [2.24, 2.45) is 0 Å². The van der Waals surface area contributed by atoms with Gasteiger partial charge in [-0.2, -0.15) is 0 Å². The second-order valence-corrected chi connectivity index (χ2v) is 6.85. The normalized spacial score (nSPS) is 10.5. The lowest BCUT2D eigenvalue weighted by molar-refractivity contribution is 0.403. The van der Waals surface area contributed by atoms with Crippen LogP contribution >= 0.6 is 0 Å². The van der Waals surface area contributed by atoms with Crippen LogP contribution in [0, 0.1) is 6.92 Å². The molecule has 4 aromatic rings. The van der Waals surface area contributed by atoms with Crippen LogP contribution in [0.3, 0.4) is 0 Å². The van der Waals surface area contributed by atoms with E-state index in [1.54, 1.807) is 6.92 Å². The van der Waals surface area contributed by atoms with Crippen molar-refractivity contribution in [1.82, 2.24) is 19.9 Å². The Balaban J connectivity index is 0.000000212. The fraction of sp³-hybridized carbons (Fsp3) is 0.238. The number of phenols is 1. The molecular formula is C21H23N5O4. The van der Waals surface area contributed by atoms with Crippen molar-refractivity contribution < 1.29 is 14.3 Å². The van der Waals surface area contributed by atoms with Crippen LogP contribution in [0.5, 0.6) is 11.5 Å². The van der Waals surface area contributed by atoms with E-state index in [4.69, 9.17) is 14.9 Å². The summed E-state index contributed by atoms with van der Waals surface area (Å²) in [4.78, 5) is 26.4. The van der Waals surface area contributed by atoms with Gasteiger partial charge < -0.3 is 25.0 Å². The predicted molar refractivity (Wildman–Crippen MR) is 115 cm³/mol. The van der Waals surface area contributed by atoms with Crippen molar-refractivity contribution in [2.45, 2.75) is 27.2 Å². The SMILES string of the molecule is COc1cc(O)c2c(=O)cc(C)oc2c1CC=C(C)C.Nc1ncnc2nc[nH]c12. The zero-order valence-electron chi connectivity index (χ0n) is 17.2. The molecular weight excluding hydrogens is 386 g/mol. The van der Waals surface area contributed by atoms with Gasteiger partial charge >= 0.3 is 0 Å². The molecule has 0 atom stereocenters. The zero-order valence-corrected chi connectivity index (χ0v) is 17.2. The lowest BCUT2D eigenvalue weighted by Crippen LogP contribution is -2.04. The number of H-pyrrole nitrogens is 1. The molecule has 0 aliphatic rings. The van der Waals surface area contributed by atoms with Gasteiger partial charge in [0.15, 0.2) is 16.9 Å². The van der Waals surface area contributed by atoms with Gasteiger partial charge in [0.1, 0.15) is 40.1 Å². The Morgan fingerprint density at radius 3 is 2.73 bits per heavy atom. The number of benzene rings is 1. The molecule has 0 fully saturated rings. The monoisotopic (exact) mass is 409 g/mol. The molecule has 0 spiro atoms. The first-order valence-corrected chi connectivity index (χ1v) is 9.18. The molecule has 3 aromatic heterocycles. The van der Waals surface area contributed by atoms with E-state index < -0.39 is 0 Å². The first-order chi connectivity index (χ1) is 14.3. The molecule has 0 radical (unpaired) electrons. The number of aromatic nitrogens is 4. The predicted octanol–water partition coefficient (Wildman–Crippen LogP) is 3.26. The van der Waals surface area contributed by atoms with E-state index in [1.807, 2.05) is 19.9 Å². The summed E-state index contributed by atoms with van der Waals surface area (Å²) in [7, 11) is 1.53. The highest BCUT2D eigenvalue weighted by molar-refractivity contribution is 5.88. The van der Waals surface area contributed by atoms with Crippen LogP contribution in [0.4, 0.5) is 5.82 Å². The molecule has 0 aliphatic heterocycles. The second-order valence-electron chi connectivity index (χ2n) is 6.85. The molecule has 0 amide bonds. The molecule has 0 saturated heterocycles. The van der Waals surface area contributed by atoms with E-state index in [-0.39, 0.29) is 16.6 Å². The number of allylic oxidation sites excluding steroid dienone is 2. The van der Waals surface area contributed by atoms with Crippen LogP contribution in [0.15, 0.2) is 45.6 Å². The Hall–Kier alpha value is -3.88. The number of fused-ring (bicyclic) bond motifs is 2. The average Bonchev–Trinajstić information content (AvgIpc) is 3.17. The summed E-state index contributed by atoms with van der Waals surface area (Å²) in [6, 6.07) is 2.84. The number of nitrogen functional groups attached to an aromatic ring is 1. The zero-order chi connectivity index (χ0) is 21.8. The van der Waals surface area contributed by atoms with Gasteiger partial charge in [0.2, 0.25) is 0 Å². The molecule has 4 rings (SSSR count). The van der Waals surface area contributed by atoms with Crippen molar-refractivity contribution in [3.63, 3.8) is 0 Å². The third-order valence-electron chi connectivity index (χ3n) is 4.35. The Morgan fingerprint density at radius 2 is 2.07 bits per heavy atom. The molecule has 0 aliphatic carbocycles. The Kier molecular flexibility index (Phi) is 6.01. The minimum Gasteiger partial charge on any atom is -0.507 e.